The SMILES string of the molecule is CN1CCC(n2cnc3cncnc32)C1=O. The number of aromatic nitrogens is 4. The monoisotopic (exact) mass is 217 g/mol. The van der Waals surface area contributed by atoms with Gasteiger partial charge in [-0.15, -0.1) is 0 Å². The van der Waals surface area contributed by atoms with Crippen molar-refractivity contribution in [3.05, 3.63) is 18.9 Å². The third-order valence-corrected chi connectivity index (χ3v) is 2.97. The van der Waals surface area contributed by atoms with Crippen molar-refractivity contribution in [2.75, 3.05) is 13.6 Å². The summed E-state index contributed by atoms with van der Waals surface area (Å²) in [5.74, 6) is 0.123. The summed E-state index contributed by atoms with van der Waals surface area (Å²) in [6.45, 7) is 0.786. The van der Waals surface area contributed by atoms with E-state index in [2.05, 4.69) is 15.0 Å². The van der Waals surface area contributed by atoms with Crippen molar-refractivity contribution >= 4 is 17.1 Å². The lowest BCUT2D eigenvalue weighted by Crippen LogP contribution is -2.24. The number of likely N-dealkylation sites (N-methyl/N-ethyl adjacent to an activating group) is 1. The summed E-state index contributed by atoms with van der Waals surface area (Å²) < 4.78 is 1.84. The van der Waals surface area contributed by atoms with Crippen molar-refractivity contribution in [1.29, 1.82) is 0 Å². The Morgan fingerprint density at radius 3 is 3.06 bits per heavy atom. The summed E-state index contributed by atoms with van der Waals surface area (Å²) in [5.41, 5.74) is 1.45. The van der Waals surface area contributed by atoms with E-state index < -0.39 is 0 Å². The number of hydrogen-bond donors (Lipinski definition) is 0. The van der Waals surface area contributed by atoms with Crippen LogP contribution in [0.15, 0.2) is 18.9 Å². The van der Waals surface area contributed by atoms with Gasteiger partial charge in [0.25, 0.3) is 0 Å². The fraction of sp³-hybridized carbons (Fsp3) is 0.400. The third-order valence-electron chi connectivity index (χ3n) is 2.97. The molecule has 3 heterocycles. The van der Waals surface area contributed by atoms with Gasteiger partial charge in [-0.25, -0.2) is 15.0 Å². The molecule has 2 aromatic heterocycles. The molecule has 82 valence electrons. The highest BCUT2D eigenvalue weighted by atomic mass is 16.2. The van der Waals surface area contributed by atoms with Crippen LogP contribution in [0.25, 0.3) is 11.2 Å². The number of likely N-dealkylation sites (tertiary alicyclic amines) is 1. The fourth-order valence-corrected chi connectivity index (χ4v) is 2.08. The Kier molecular flexibility index (Phi) is 1.89. The molecule has 1 saturated heterocycles. The number of carbonyl (C=O) groups is 1. The van der Waals surface area contributed by atoms with E-state index in [1.54, 1.807) is 17.4 Å². The average Bonchev–Trinajstić information content (AvgIpc) is 2.85. The molecule has 2 aromatic rings. The largest absolute Gasteiger partial charge is 0.344 e. The summed E-state index contributed by atoms with van der Waals surface area (Å²) in [5, 5.41) is 0. The van der Waals surface area contributed by atoms with Crippen molar-refractivity contribution in [3.8, 4) is 0 Å². The second-order valence-corrected chi connectivity index (χ2v) is 3.95. The maximum absolute atomic E-state index is 11.9. The van der Waals surface area contributed by atoms with Crippen molar-refractivity contribution in [3.63, 3.8) is 0 Å². The van der Waals surface area contributed by atoms with Crippen LogP contribution in [0, 0.1) is 0 Å². The van der Waals surface area contributed by atoms with E-state index in [9.17, 15) is 4.79 Å². The lowest BCUT2D eigenvalue weighted by atomic mass is 10.2. The standard InChI is InChI=1S/C10H11N5O/c1-14-3-2-8(10(14)16)15-6-13-7-4-11-5-12-9(7)15/h4-6,8H,2-3H2,1H3. The highest BCUT2D eigenvalue weighted by Gasteiger charge is 2.31. The van der Waals surface area contributed by atoms with E-state index >= 15 is 0 Å². The number of imidazole rings is 1. The Hall–Kier alpha value is -1.98. The minimum atomic E-state index is -0.162. The summed E-state index contributed by atoms with van der Waals surface area (Å²) in [4.78, 5) is 25.9. The molecular formula is C10H11N5O. The number of rotatable bonds is 1. The number of amides is 1. The Morgan fingerprint density at radius 1 is 1.44 bits per heavy atom. The predicted octanol–water partition coefficient (Wildman–Crippen LogP) is 0.230. The molecule has 3 rings (SSSR count). The molecule has 0 aromatic carbocycles. The van der Waals surface area contributed by atoms with Gasteiger partial charge in [0.05, 0.1) is 12.5 Å². The molecule has 1 amide bonds. The zero-order valence-electron chi connectivity index (χ0n) is 8.87. The number of fused-ring (bicyclic) bond motifs is 1. The van der Waals surface area contributed by atoms with Crippen LogP contribution in [-0.2, 0) is 4.79 Å². The maximum atomic E-state index is 11.9. The normalized spacial score (nSPS) is 20.9. The molecule has 6 heteroatoms. The second kappa shape index (κ2) is 3.26. The average molecular weight is 217 g/mol. The Morgan fingerprint density at radius 2 is 2.31 bits per heavy atom. The zero-order valence-corrected chi connectivity index (χ0v) is 8.87. The third kappa shape index (κ3) is 1.19. The summed E-state index contributed by atoms with van der Waals surface area (Å²) in [7, 11) is 1.82. The Bertz CT molecular complexity index is 549. The molecule has 0 saturated carbocycles. The van der Waals surface area contributed by atoms with Crippen molar-refractivity contribution in [2.24, 2.45) is 0 Å². The summed E-state index contributed by atoms with van der Waals surface area (Å²) in [6.07, 6.45) is 5.61. The van der Waals surface area contributed by atoms with Crippen molar-refractivity contribution < 1.29 is 4.79 Å². The van der Waals surface area contributed by atoms with E-state index in [1.807, 2.05) is 11.6 Å². The number of hydrogen-bond acceptors (Lipinski definition) is 4. The molecule has 16 heavy (non-hydrogen) atoms. The second-order valence-electron chi connectivity index (χ2n) is 3.95. The lowest BCUT2D eigenvalue weighted by Gasteiger charge is -2.11. The van der Waals surface area contributed by atoms with Crippen LogP contribution in [0.4, 0.5) is 0 Å². The van der Waals surface area contributed by atoms with Gasteiger partial charge in [0, 0.05) is 13.6 Å². The van der Waals surface area contributed by atoms with Crippen LogP contribution >= 0.6 is 0 Å². The molecule has 6 nitrogen and oxygen atoms in total. The van der Waals surface area contributed by atoms with Crippen LogP contribution in [0.5, 0.6) is 0 Å². The van der Waals surface area contributed by atoms with Crippen LogP contribution < -0.4 is 0 Å². The molecule has 1 aliphatic rings. The molecule has 1 unspecified atom stereocenters. The number of carbonyl (C=O) groups excluding carboxylic acids is 1. The van der Waals surface area contributed by atoms with Gasteiger partial charge in [0.1, 0.15) is 17.9 Å². The minimum absolute atomic E-state index is 0.123. The van der Waals surface area contributed by atoms with Gasteiger partial charge in [-0.3, -0.25) is 4.79 Å². The smallest absolute Gasteiger partial charge is 0.245 e. The Labute approximate surface area is 91.9 Å². The molecule has 1 fully saturated rings. The van der Waals surface area contributed by atoms with Crippen LogP contribution in [0.2, 0.25) is 0 Å². The fourth-order valence-electron chi connectivity index (χ4n) is 2.08. The summed E-state index contributed by atoms with van der Waals surface area (Å²) in [6, 6.07) is -0.162. The van der Waals surface area contributed by atoms with Crippen molar-refractivity contribution in [1.82, 2.24) is 24.4 Å². The van der Waals surface area contributed by atoms with Crippen LogP contribution in [-0.4, -0.2) is 43.9 Å². The highest BCUT2D eigenvalue weighted by Crippen LogP contribution is 2.24. The number of nitrogens with zero attached hydrogens (tertiary/aromatic N) is 5. The van der Waals surface area contributed by atoms with E-state index in [1.165, 1.54) is 6.33 Å². The molecule has 0 spiro atoms. The van der Waals surface area contributed by atoms with E-state index in [4.69, 9.17) is 0 Å². The van der Waals surface area contributed by atoms with Gasteiger partial charge < -0.3 is 9.47 Å². The lowest BCUT2D eigenvalue weighted by molar-refractivity contribution is -0.129. The first kappa shape index (κ1) is 9.26. The zero-order chi connectivity index (χ0) is 11.1. The van der Waals surface area contributed by atoms with Crippen LogP contribution in [0.3, 0.4) is 0 Å². The van der Waals surface area contributed by atoms with Gasteiger partial charge in [0.15, 0.2) is 5.65 Å². The van der Waals surface area contributed by atoms with E-state index in [0.717, 1.165) is 24.1 Å². The van der Waals surface area contributed by atoms with Crippen LogP contribution in [0.1, 0.15) is 12.5 Å². The quantitative estimate of drug-likeness (QED) is 0.686. The topological polar surface area (TPSA) is 63.9 Å². The molecule has 0 radical (unpaired) electrons. The van der Waals surface area contributed by atoms with Gasteiger partial charge >= 0.3 is 0 Å². The van der Waals surface area contributed by atoms with Gasteiger partial charge in [0.2, 0.25) is 5.91 Å². The molecule has 0 bridgehead atoms. The van der Waals surface area contributed by atoms with Gasteiger partial charge in [-0.1, -0.05) is 0 Å². The molecular weight excluding hydrogens is 206 g/mol. The highest BCUT2D eigenvalue weighted by molar-refractivity contribution is 5.84. The van der Waals surface area contributed by atoms with Crippen molar-refractivity contribution in [2.45, 2.75) is 12.5 Å². The molecule has 1 atom stereocenters. The Balaban J connectivity index is 2.10. The minimum Gasteiger partial charge on any atom is -0.344 e. The first-order valence-corrected chi connectivity index (χ1v) is 5.15. The summed E-state index contributed by atoms with van der Waals surface area (Å²) >= 11 is 0. The van der Waals surface area contributed by atoms with Gasteiger partial charge in [-0.2, -0.15) is 0 Å². The van der Waals surface area contributed by atoms with E-state index in [0.29, 0.717) is 0 Å². The van der Waals surface area contributed by atoms with E-state index in [-0.39, 0.29) is 11.9 Å². The molecule has 0 N–H and O–H groups in total. The molecule has 1 aliphatic heterocycles. The predicted molar refractivity (Wildman–Crippen MR) is 56.6 cm³/mol. The first-order valence-electron chi connectivity index (χ1n) is 5.15. The maximum Gasteiger partial charge on any atom is 0.245 e. The van der Waals surface area contributed by atoms with Gasteiger partial charge in [-0.05, 0) is 6.42 Å². The first-order chi connectivity index (χ1) is 7.77. The molecule has 0 aliphatic carbocycles.